The molecule has 1 aliphatic rings. The van der Waals surface area contributed by atoms with Crippen molar-refractivity contribution in [2.45, 2.75) is 49.4 Å². The number of rotatable bonds is 6. The van der Waals surface area contributed by atoms with Crippen LogP contribution in [0.4, 0.5) is 32.0 Å². The van der Waals surface area contributed by atoms with E-state index in [1.165, 1.54) is 31.2 Å². The van der Waals surface area contributed by atoms with Crippen LogP contribution < -0.4 is 10.1 Å². The van der Waals surface area contributed by atoms with Crippen LogP contribution in [-0.4, -0.2) is 42.7 Å². The molecule has 2 N–H and O–H groups in total. The fourth-order valence-electron chi connectivity index (χ4n) is 3.82. The van der Waals surface area contributed by atoms with Crippen LogP contribution in [0.1, 0.15) is 45.8 Å². The van der Waals surface area contributed by atoms with Crippen molar-refractivity contribution in [3.8, 4) is 11.8 Å². The Bertz CT molecular complexity index is 1570. The van der Waals surface area contributed by atoms with E-state index in [0.717, 1.165) is 19.4 Å². The topological polar surface area (TPSA) is 131 Å². The zero-order chi connectivity index (χ0) is 29.0. The maximum Gasteiger partial charge on any atom is 0.435 e. The molecule has 0 saturated heterocycles. The highest BCUT2D eigenvalue weighted by Gasteiger charge is 2.65. The van der Waals surface area contributed by atoms with Gasteiger partial charge in [-0.15, -0.1) is 10.2 Å². The SMILES string of the molecule is Cc1nc(C2(C(F)(F)F)CC2)cnc1Oc1nnc(C(F)(F)F)c(C)c1C(=O)Nc1cccc(S(C)(=N)=O)c1. The first-order valence-electron chi connectivity index (χ1n) is 11.1. The Hall–Kier alpha value is -3.82. The van der Waals surface area contributed by atoms with Crippen LogP contribution in [0.25, 0.3) is 0 Å². The molecule has 0 bridgehead atoms. The Morgan fingerprint density at radius 2 is 1.77 bits per heavy atom. The van der Waals surface area contributed by atoms with Crippen molar-refractivity contribution in [1.29, 1.82) is 4.78 Å². The third kappa shape index (κ3) is 5.51. The summed E-state index contributed by atoms with van der Waals surface area (Å²) in [6, 6.07) is 5.37. The second-order valence-electron chi connectivity index (χ2n) is 9.00. The van der Waals surface area contributed by atoms with Crippen molar-refractivity contribution >= 4 is 21.3 Å². The van der Waals surface area contributed by atoms with E-state index in [9.17, 15) is 35.3 Å². The van der Waals surface area contributed by atoms with Crippen molar-refractivity contribution < 1.29 is 40.1 Å². The lowest BCUT2D eigenvalue weighted by molar-refractivity contribution is -0.161. The molecule has 1 saturated carbocycles. The number of nitrogens with zero attached hydrogens (tertiary/aromatic N) is 4. The van der Waals surface area contributed by atoms with Gasteiger partial charge in [0.25, 0.3) is 11.8 Å². The summed E-state index contributed by atoms with van der Waals surface area (Å²) in [4.78, 5) is 21.0. The Kier molecular flexibility index (Phi) is 6.82. The molecule has 4 rings (SSSR count). The van der Waals surface area contributed by atoms with Gasteiger partial charge in [0.05, 0.1) is 21.6 Å². The molecule has 2 heterocycles. The van der Waals surface area contributed by atoms with Gasteiger partial charge in [0.2, 0.25) is 5.88 Å². The minimum Gasteiger partial charge on any atom is -0.416 e. The molecule has 16 heteroatoms. The average molecular weight is 575 g/mol. The normalized spacial score (nSPS) is 16.3. The van der Waals surface area contributed by atoms with Gasteiger partial charge in [-0.3, -0.25) is 4.79 Å². The van der Waals surface area contributed by atoms with E-state index in [1.807, 2.05) is 0 Å². The molecular weight excluding hydrogens is 554 g/mol. The van der Waals surface area contributed by atoms with Gasteiger partial charge in [0.1, 0.15) is 16.7 Å². The Morgan fingerprint density at radius 1 is 1.10 bits per heavy atom. The minimum absolute atomic E-state index is 0.0252. The monoisotopic (exact) mass is 574 g/mol. The first kappa shape index (κ1) is 28.2. The molecule has 1 amide bonds. The lowest BCUT2D eigenvalue weighted by atomic mass is 10.0. The van der Waals surface area contributed by atoms with Crippen molar-refractivity contribution in [3.05, 3.63) is 58.7 Å². The van der Waals surface area contributed by atoms with Crippen LogP contribution >= 0.6 is 0 Å². The number of ether oxygens (including phenoxy) is 1. The smallest absolute Gasteiger partial charge is 0.416 e. The second-order valence-corrected chi connectivity index (χ2v) is 11.2. The fourth-order valence-corrected chi connectivity index (χ4v) is 4.51. The summed E-state index contributed by atoms with van der Waals surface area (Å²) in [7, 11) is -3.17. The van der Waals surface area contributed by atoms with Crippen LogP contribution in [0.2, 0.25) is 0 Å². The van der Waals surface area contributed by atoms with Gasteiger partial charge in [-0.05, 0) is 50.5 Å². The lowest BCUT2D eigenvalue weighted by Crippen LogP contribution is -2.30. The van der Waals surface area contributed by atoms with Gasteiger partial charge in [0, 0.05) is 16.8 Å². The Labute approximate surface area is 218 Å². The van der Waals surface area contributed by atoms with E-state index in [1.54, 1.807) is 0 Å². The number of hydrogen-bond acceptors (Lipinski definition) is 8. The quantitative estimate of drug-likeness (QED) is 0.368. The van der Waals surface area contributed by atoms with E-state index < -0.39 is 56.1 Å². The highest BCUT2D eigenvalue weighted by Crippen LogP contribution is 2.58. The summed E-state index contributed by atoms with van der Waals surface area (Å²) in [5.41, 5.74) is -5.31. The number of benzene rings is 1. The van der Waals surface area contributed by atoms with Crippen molar-refractivity contribution in [1.82, 2.24) is 20.2 Å². The third-order valence-electron chi connectivity index (χ3n) is 6.10. The number of alkyl halides is 6. The predicted octanol–water partition coefficient (Wildman–Crippen LogP) is 5.58. The number of aryl methyl sites for hydroxylation is 1. The highest BCUT2D eigenvalue weighted by molar-refractivity contribution is 7.91. The average Bonchev–Trinajstić information content (AvgIpc) is 3.61. The Morgan fingerprint density at radius 3 is 2.31 bits per heavy atom. The highest BCUT2D eigenvalue weighted by atomic mass is 32.2. The molecule has 0 spiro atoms. The molecule has 39 heavy (non-hydrogen) atoms. The minimum atomic E-state index is -4.98. The summed E-state index contributed by atoms with van der Waals surface area (Å²) >= 11 is 0. The number of amides is 1. The summed E-state index contributed by atoms with van der Waals surface area (Å²) in [5.74, 6) is -2.19. The molecule has 0 aliphatic heterocycles. The maximum absolute atomic E-state index is 13.5. The number of halogens is 6. The number of aromatic nitrogens is 4. The largest absolute Gasteiger partial charge is 0.435 e. The molecule has 1 unspecified atom stereocenters. The van der Waals surface area contributed by atoms with E-state index in [2.05, 4.69) is 25.5 Å². The zero-order valence-electron chi connectivity index (χ0n) is 20.5. The number of carbonyl (C=O) groups excluding carboxylic acids is 1. The first-order valence-corrected chi connectivity index (χ1v) is 13.1. The molecule has 9 nitrogen and oxygen atoms in total. The molecule has 1 atom stereocenters. The lowest BCUT2D eigenvalue weighted by Gasteiger charge is -2.19. The van der Waals surface area contributed by atoms with Gasteiger partial charge >= 0.3 is 12.4 Å². The zero-order valence-corrected chi connectivity index (χ0v) is 21.3. The molecular formula is C23H20F6N6O3S. The number of carbonyl (C=O) groups is 1. The van der Waals surface area contributed by atoms with E-state index in [-0.39, 0.29) is 40.7 Å². The van der Waals surface area contributed by atoms with Gasteiger partial charge in [-0.25, -0.2) is 19.0 Å². The maximum atomic E-state index is 13.5. The van der Waals surface area contributed by atoms with Crippen LogP contribution in [0.5, 0.6) is 11.8 Å². The van der Waals surface area contributed by atoms with Crippen molar-refractivity contribution in [3.63, 3.8) is 0 Å². The summed E-state index contributed by atoms with van der Waals surface area (Å²) < 4.78 is 106. The fraction of sp³-hybridized carbons (Fsp3) is 0.348. The second kappa shape index (κ2) is 9.43. The summed E-state index contributed by atoms with van der Waals surface area (Å²) in [5, 5.41) is 8.90. The summed E-state index contributed by atoms with van der Waals surface area (Å²) in [6.45, 7) is 2.26. The van der Waals surface area contributed by atoms with Gasteiger partial charge in [0.15, 0.2) is 5.69 Å². The van der Waals surface area contributed by atoms with Crippen LogP contribution in [0.3, 0.4) is 0 Å². The third-order valence-corrected chi connectivity index (χ3v) is 7.25. The molecule has 2 aromatic heterocycles. The number of nitrogens with one attached hydrogen (secondary N) is 2. The molecule has 208 valence electrons. The number of hydrogen-bond donors (Lipinski definition) is 2. The molecule has 0 radical (unpaired) electrons. The Balaban J connectivity index is 1.73. The number of anilines is 1. The van der Waals surface area contributed by atoms with Crippen LogP contribution in [0, 0.1) is 18.6 Å². The molecule has 1 aromatic carbocycles. The molecule has 3 aromatic rings. The molecule has 1 aliphatic carbocycles. The van der Waals surface area contributed by atoms with Gasteiger partial charge in [-0.2, -0.15) is 26.3 Å². The molecule has 1 fully saturated rings. The van der Waals surface area contributed by atoms with E-state index in [0.29, 0.717) is 0 Å². The van der Waals surface area contributed by atoms with E-state index >= 15 is 0 Å². The summed E-state index contributed by atoms with van der Waals surface area (Å²) in [6.07, 6.45) is -7.82. The first-order chi connectivity index (χ1) is 17.9. The van der Waals surface area contributed by atoms with Crippen molar-refractivity contribution in [2.24, 2.45) is 0 Å². The predicted molar refractivity (Wildman–Crippen MR) is 125 cm³/mol. The van der Waals surface area contributed by atoms with Crippen LogP contribution in [-0.2, 0) is 21.3 Å². The van der Waals surface area contributed by atoms with E-state index in [4.69, 9.17) is 9.52 Å². The standard InChI is InChI=1S/C23H20F6N6O3S/c1-11-16(18(36)33-13-5-4-6-14(9-13)39(3,30)37)20(35-34-17(11)22(24,25)26)38-19-12(2)32-15(10-31-19)21(7-8-21)23(27,28)29/h4-6,9-10,30H,7-8H2,1-3H3,(H,33,36). The van der Waals surface area contributed by atoms with Crippen LogP contribution in [0.15, 0.2) is 35.4 Å². The van der Waals surface area contributed by atoms with Crippen molar-refractivity contribution in [2.75, 3.05) is 11.6 Å². The van der Waals surface area contributed by atoms with Gasteiger partial charge < -0.3 is 10.1 Å². The van der Waals surface area contributed by atoms with Gasteiger partial charge in [-0.1, -0.05) is 6.07 Å².